The molecule has 2 rings (SSSR count). The maximum atomic E-state index is 13.1. The van der Waals surface area contributed by atoms with Crippen LogP contribution in [0.1, 0.15) is 17.9 Å². The van der Waals surface area contributed by atoms with Crippen LogP contribution in [-0.2, 0) is 4.79 Å². The third-order valence-corrected chi connectivity index (χ3v) is 2.58. The van der Waals surface area contributed by atoms with E-state index >= 15 is 0 Å². The first kappa shape index (κ1) is 10.8. The highest BCUT2D eigenvalue weighted by molar-refractivity contribution is 5.84. The van der Waals surface area contributed by atoms with Crippen LogP contribution in [0.25, 0.3) is 10.9 Å². The van der Waals surface area contributed by atoms with E-state index in [4.69, 9.17) is 0 Å². The summed E-state index contributed by atoms with van der Waals surface area (Å²) >= 11 is 0. The summed E-state index contributed by atoms with van der Waals surface area (Å²) in [5, 5.41) is 0.612. The second-order valence-corrected chi connectivity index (χ2v) is 3.57. The van der Waals surface area contributed by atoms with E-state index in [0.29, 0.717) is 23.9 Å². The van der Waals surface area contributed by atoms with Crippen molar-refractivity contribution < 1.29 is 13.6 Å². The Bertz CT molecular complexity index is 507. The smallest absolute Gasteiger partial charge is 0.123 e. The number of fused-ring (bicyclic) bond motifs is 1. The summed E-state index contributed by atoms with van der Waals surface area (Å²) in [6.45, 7) is 0.460. The van der Waals surface area contributed by atoms with Gasteiger partial charge in [0, 0.05) is 17.1 Å². The summed E-state index contributed by atoms with van der Waals surface area (Å²) in [4.78, 5) is 13.3. The van der Waals surface area contributed by atoms with Gasteiger partial charge in [-0.05, 0) is 30.2 Å². The van der Waals surface area contributed by atoms with Gasteiger partial charge in [0.05, 0.1) is 0 Å². The molecule has 0 bridgehead atoms. The standard InChI is InChI=1S/C12H10F2NO/c13-6-8(3-4-16)11-7-15-12-2-1-9(14)5-10(11)12/h1-2,4-8,15H,3H2/q-1. The lowest BCUT2D eigenvalue weighted by Crippen LogP contribution is -1.97. The van der Waals surface area contributed by atoms with E-state index in [9.17, 15) is 13.6 Å². The molecule has 16 heavy (non-hydrogen) atoms. The van der Waals surface area contributed by atoms with Crippen LogP contribution in [0.5, 0.6) is 0 Å². The number of halogens is 2. The van der Waals surface area contributed by atoms with Crippen LogP contribution in [0.3, 0.4) is 0 Å². The minimum atomic E-state index is -0.618. The average molecular weight is 222 g/mol. The van der Waals surface area contributed by atoms with E-state index in [1.807, 2.05) is 0 Å². The van der Waals surface area contributed by atoms with E-state index in [-0.39, 0.29) is 12.2 Å². The van der Waals surface area contributed by atoms with Gasteiger partial charge in [0.2, 0.25) is 0 Å². The quantitative estimate of drug-likeness (QED) is 0.625. The molecule has 0 radical (unpaired) electrons. The lowest BCUT2D eigenvalue weighted by molar-refractivity contribution is -0.108. The number of aldehydes is 1. The molecule has 4 heteroatoms. The van der Waals surface area contributed by atoms with Crippen LogP contribution in [0, 0.1) is 12.5 Å². The average Bonchev–Trinajstić information content (AvgIpc) is 2.69. The van der Waals surface area contributed by atoms with Crippen molar-refractivity contribution in [3.8, 4) is 0 Å². The van der Waals surface area contributed by atoms with Crippen molar-refractivity contribution in [1.82, 2.24) is 4.98 Å². The van der Waals surface area contributed by atoms with Crippen molar-refractivity contribution >= 4 is 17.2 Å². The maximum Gasteiger partial charge on any atom is 0.123 e. The van der Waals surface area contributed by atoms with Crippen LogP contribution >= 0.6 is 0 Å². The lowest BCUT2D eigenvalue weighted by Gasteiger charge is -2.17. The monoisotopic (exact) mass is 222 g/mol. The first-order valence-corrected chi connectivity index (χ1v) is 4.90. The Balaban J connectivity index is 2.50. The van der Waals surface area contributed by atoms with Crippen molar-refractivity contribution in [3.63, 3.8) is 0 Å². The minimum Gasteiger partial charge on any atom is -0.459 e. The summed E-state index contributed by atoms with van der Waals surface area (Å²) in [5.74, 6) is -0.995. The van der Waals surface area contributed by atoms with Gasteiger partial charge in [-0.25, -0.2) is 4.39 Å². The Morgan fingerprint density at radius 1 is 1.50 bits per heavy atom. The number of aromatic amines is 1. The molecular formula is C12H10F2NO-. The topological polar surface area (TPSA) is 32.9 Å². The van der Waals surface area contributed by atoms with Gasteiger partial charge in [-0.2, -0.15) is 6.67 Å². The molecule has 84 valence electrons. The molecule has 1 atom stereocenters. The number of H-pyrrole nitrogens is 1. The molecule has 2 nitrogen and oxygen atoms in total. The molecule has 0 fully saturated rings. The number of benzene rings is 1. The van der Waals surface area contributed by atoms with Crippen molar-refractivity contribution in [3.05, 3.63) is 42.5 Å². The normalized spacial score (nSPS) is 12.9. The Kier molecular flexibility index (Phi) is 2.99. The summed E-state index contributed by atoms with van der Waals surface area (Å²) in [5.41, 5.74) is 1.33. The maximum absolute atomic E-state index is 13.1. The van der Waals surface area contributed by atoms with Gasteiger partial charge in [0.15, 0.2) is 0 Å². The Morgan fingerprint density at radius 2 is 2.31 bits per heavy atom. The molecule has 1 unspecified atom stereocenters. The fourth-order valence-corrected chi connectivity index (χ4v) is 1.77. The molecule has 0 amide bonds. The minimum absolute atomic E-state index is 0.0555. The van der Waals surface area contributed by atoms with E-state index in [2.05, 4.69) is 4.98 Å². The van der Waals surface area contributed by atoms with Crippen LogP contribution in [0.4, 0.5) is 8.78 Å². The Morgan fingerprint density at radius 3 is 3.00 bits per heavy atom. The Hall–Kier alpha value is -1.71. The van der Waals surface area contributed by atoms with Gasteiger partial charge in [0.1, 0.15) is 12.1 Å². The van der Waals surface area contributed by atoms with E-state index in [1.54, 1.807) is 12.3 Å². The van der Waals surface area contributed by atoms with E-state index in [0.717, 1.165) is 5.52 Å². The SMILES string of the molecule is O=CCC([CH-]F)c1c[nH]c2ccc(F)cc12. The largest absolute Gasteiger partial charge is 0.459 e. The molecule has 0 aliphatic heterocycles. The van der Waals surface area contributed by atoms with Crippen LogP contribution in [-0.4, -0.2) is 11.3 Å². The second kappa shape index (κ2) is 4.43. The van der Waals surface area contributed by atoms with Gasteiger partial charge >= 0.3 is 0 Å². The summed E-state index contributed by atoms with van der Waals surface area (Å²) in [7, 11) is 0. The van der Waals surface area contributed by atoms with E-state index in [1.165, 1.54) is 12.1 Å². The highest BCUT2D eigenvalue weighted by Gasteiger charge is 2.09. The fraction of sp³-hybridized carbons (Fsp3) is 0.167. The molecule has 1 aromatic carbocycles. The summed E-state index contributed by atoms with van der Waals surface area (Å²) in [6, 6.07) is 4.25. The van der Waals surface area contributed by atoms with Gasteiger partial charge in [-0.1, -0.05) is 0 Å². The van der Waals surface area contributed by atoms with Crippen molar-refractivity contribution in [1.29, 1.82) is 0 Å². The molecule has 0 spiro atoms. The first-order valence-electron chi connectivity index (χ1n) is 4.90. The fourth-order valence-electron chi connectivity index (χ4n) is 1.77. The number of carbonyl (C=O) groups excluding carboxylic acids is 1. The zero-order chi connectivity index (χ0) is 11.5. The molecule has 0 aliphatic rings. The lowest BCUT2D eigenvalue weighted by atomic mass is 9.97. The number of carbonyl (C=O) groups is 1. The van der Waals surface area contributed by atoms with Gasteiger partial charge < -0.3 is 14.2 Å². The first-order chi connectivity index (χ1) is 7.76. The van der Waals surface area contributed by atoms with Crippen molar-refractivity contribution in [2.24, 2.45) is 0 Å². The van der Waals surface area contributed by atoms with Crippen molar-refractivity contribution in [2.45, 2.75) is 12.3 Å². The summed E-state index contributed by atoms with van der Waals surface area (Å²) < 4.78 is 25.7. The van der Waals surface area contributed by atoms with Gasteiger partial charge in [-0.3, -0.25) is 0 Å². The van der Waals surface area contributed by atoms with Gasteiger partial charge in [0.25, 0.3) is 0 Å². The molecule has 1 heterocycles. The molecule has 2 aromatic rings. The third-order valence-electron chi connectivity index (χ3n) is 2.58. The highest BCUT2D eigenvalue weighted by Crippen LogP contribution is 2.30. The van der Waals surface area contributed by atoms with Crippen LogP contribution in [0.15, 0.2) is 24.4 Å². The number of rotatable bonds is 4. The number of nitrogens with one attached hydrogen (secondary N) is 1. The highest BCUT2D eigenvalue weighted by atomic mass is 19.1. The summed E-state index contributed by atoms with van der Waals surface area (Å²) in [6.07, 6.45) is 2.31. The molecule has 0 saturated heterocycles. The van der Waals surface area contributed by atoms with E-state index < -0.39 is 5.92 Å². The predicted octanol–water partition coefficient (Wildman–Crippen LogP) is 3.11. The molecule has 1 aromatic heterocycles. The molecule has 0 aliphatic carbocycles. The van der Waals surface area contributed by atoms with Crippen LogP contribution in [0.2, 0.25) is 0 Å². The second-order valence-electron chi connectivity index (χ2n) is 3.57. The zero-order valence-corrected chi connectivity index (χ0v) is 8.41. The van der Waals surface area contributed by atoms with Crippen LogP contribution < -0.4 is 0 Å². The Labute approximate surface area is 91.3 Å². The zero-order valence-electron chi connectivity index (χ0n) is 8.41. The number of hydrogen-bond acceptors (Lipinski definition) is 1. The molecular weight excluding hydrogens is 212 g/mol. The number of aromatic nitrogens is 1. The molecule has 1 N–H and O–H groups in total. The van der Waals surface area contributed by atoms with Gasteiger partial charge in [-0.15, -0.1) is 5.92 Å². The van der Waals surface area contributed by atoms with Crippen molar-refractivity contribution in [2.75, 3.05) is 0 Å². The third kappa shape index (κ3) is 1.83. The number of hydrogen-bond donors (Lipinski definition) is 1. The predicted molar refractivity (Wildman–Crippen MR) is 57.1 cm³/mol. The molecule has 0 saturated carbocycles.